The van der Waals surface area contributed by atoms with Crippen LogP contribution in [-0.4, -0.2) is 30.4 Å². The van der Waals surface area contributed by atoms with Crippen LogP contribution in [0.2, 0.25) is 0 Å². The molecule has 1 fully saturated rings. The first-order valence-electron chi connectivity index (χ1n) is 6.54. The van der Waals surface area contributed by atoms with E-state index in [4.69, 9.17) is 4.74 Å². The lowest BCUT2D eigenvalue weighted by atomic mass is 10.2. The van der Waals surface area contributed by atoms with Crippen molar-refractivity contribution in [3.63, 3.8) is 0 Å². The molecule has 1 unspecified atom stereocenters. The maximum absolute atomic E-state index is 12.7. The van der Waals surface area contributed by atoms with Gasteiger partial charge >= 0.3 is 0 Å². The van der Waals surface area contributed by atoms with Crippen LogP contribution >= 0.6 is 12.4 Å². The highest BCUT2D eigenvalue weighted by Gasteiger charge is 2.15. The number of nitrogens with one attached hydrogen (secondary N) is 1. The van der Waals surface area contributed by atoms with Crippen molar-refractivity contribution in [1.82, 2.24) is 5.32 Å². The van der Waals surface area contributed by atoms with E-state index < -0.39 is 6.10 Å². The van der Waals surface area contributed by atoms with E-state index >= 15 is 0 Å². The molecule has 0 aliphatic heterocycles. The van der Waals surface area contributed by atoms with Crippen LogP contribution in [0.4, 0.5) is 4.39 Å². The number of benzene rings is 1. The van der Waals surface area contributed by atoms with Gasteiger partial charge in [0.1, 0.15) is 24.3 Å². The van der Waals surface area contributed by atoms with Gasteiger partial charge in [-0.25, -0.2) is 4.39 Å². The van der Waals surface area contributed by atoms with Crippen molar-refractivity contribution in [2.24, 2.45) is 0 Å². The Labute approximate surface area is 119 Å². The largest absolute Gasteiger partial charge is 0.491 e. The van der Waals surface area contributed by atoms with Gasteiger partial charge in [-0.1, -0.05) is 12.8 Å². The van der Waals surface area contributed by atoms with Crippen LogP contribution in [-0.2, 0) is 0 Å². The normalized spacial score (nSPS) is 16.9. The molecular weight excluding hydrogens is 269 g/mol. The van der Waals surface area contributed by atoms with Crippen molar-refractivity contribution in [3.8, 4) is 5.75 Å². The van der Waals surface area contributed by atoms with E-state index in [-0.39, 0.29) is 24.8 Å². The lowest BCUT2D eigenvalue weighted by Crippen LogP contribution is -2.36. The molecule has 1 aromatic rings. The lowest BCUT2D eigenvalue weighted by molar-refractivity contribution is 0.104. The van der Waals surface area contributed by atoms with E-state index in [2.05, 4.69) is 5.32 Å². The van der Waals surface area contributed by atoms with Gasteiger partial charge in [0.05, 0.1) is 0 Å². The van der Waals surface area contributed by atoms with Crippen LogP contribution in [0.25, 0.3) is 0 Å². The molecule has 108 valence electrons. The first-order valence-corrected chi connectivity index (χ1v) is 6.54. The second kappa shape index (κ2) is 8.35. The van der Waals surface area contributed by atoms with E-state index in [1.807, 2.05) is 0 Å². The first kappa shape index (κ1) is 16.2. The van der Waals surface area contributed by atoms with Crippen molar-refractivity contribution in [2.45, 2.75) is 37.8 Å². The Morgan fingerprint density at radius 3 is 2.53 bits per heavy atom. The maximum atomic E-state index is 12.7. The van der Waals surface area contributed by atoms with Gasteiger partial charge in [0.2, 0.25) is 0 Å². The lowest BCUT2D eigenvalue weighted by Gasteiger charge is -2.16. The van der Waals surface area contributed by atoms with Crippen molar-refractivity contribution < 1.29 is 14.2 Å². The zero-order valence-electron chi connectivity index (χ0n) is 10.8. The second-order valence-electron chi connectivity index (χ2n) is 4.81. The Kier molecular flexibility index (Phi) is 7.13. The molecule has 1 aromatic carbocycles. The molecule has 0 amide bonds. The molecule has 2 rings (SSSR count). The van der Waals surface area contributed by atoms with Gasteiger partial charge < -0.3 is 15.2 Å². The average Bonchev–Trinajstić information content (AvgIpc) is 2.89. The molecule has 0 aromatic heterocycles. The van der Waals surface area contributed by atoms with Crippen LogP contribution in [0.1, 0.15) is 25.7 Å². The highest BCUT2D eigenvalue weighted by molar-refractivity contribution is 5.85. The molecule has 5 heteroatoms. The van der Waals surface area contributed by atoms with Crippen LogP contribution in [0.5, 0.6) is 5.75 Å². The molecule has 0 bridgehead atoms. The molecule has 1 aliphatic carbocycles. The van der Waals surface area contributed by atoms with Crippen LogP contribution in [0.3, 0.4) is 0 Å². The van der Waals surface area contributed by atoms with Gasteiger partial charge in [-0.05, 0) is 37.1 Å². The van der Waals surface area contributed by atoms with Crippen molar-refractivity contribution in [2.75, 3.05) is 13.2 Å². The Hall–Kier alpha value is -0.840. The summed E-state index contributed by atoms with van der Waals surface area (Å²) in [5.74, 6) is 0.294. The fourth-order valence-corrected chi connectivity index (χ4v) is 2.21. The number of aliphatic hydroxyl groups excluding tert-OH is 1. The van der Waals surface area contributed by atoms with Crippen molar-refractivity contribution in [3.05, 3.63) is 30.1 Å². The second-order valence-corrected chi connectivity index (χ2v) is 4.81. The minimum absolute atomic E-state index is 0. The summed E-state index contributed by atoms with van der Waals surface area (Å²) in [6, 6.07) is 6.36. The molecule has 2 N–H and O–H groups in total. The molecule has 0 spiro atoms. The smallest absolute Gasteiger partial charge is 0.123 e. The first-order chi connectivity index (χ1) is 8.74. The van der Waals surface area contributed by atoms with E-state index in [1.54, 1.807) is 12.1 Å². The molecule has 0 radical (unpaired) electrons. The number of hydrogen-bond acceptors (Lipinski definition) is 3. The fourth-order valence-electron chi connectivity index (χ4n) is 2.21. The summed E-state index contributed by atoms with van der Waals surface area (Å²) in [4.78, 5) is 0. The molecule has 0 heterocycles. The van der Waals surface area contributed by atoms with E-state index in [1.165, 1.54) is 37.8 Å². The summed E-state index contributed by atoms with van der Waals surface area (Å²) in [7, 11) is 0. The van der Waals surface area contributed by atoms with Crippen molar-refractivity contribution >= 4 is 12.4 Å². The fraction of sp³-hybridized carbons (Fsp3) is 0.571. The minimum atomic E-state index is -0.532. The van der Waals surface area contributed by atoms with Gasteiger partial charge in [0, 0.05) is 12.6 Å². The molecule has 0 saturated heterocycles. The number of hydrogen-bond donors (Lipinski definition) is 2. The Bertz CT molecular complexity index is 355. The third-order valence-electron chi connectivity index (χ3n) is 3.25. The van der Waals surface area contributed by atoms with Gasteiger partial charge in [-0.3, -0.25) is 0 Å². The van der Waals surface area contributed by atoms with Crippen LogP contribution in [0.15, 0.2) is 24.3 Å². The molecule has 1 aliphatic rings. The SMILES string of the molecule is Cl.OC(CNC1CCCC1)COc1ccc(F)cc1. The van der Waals surface area contributed by atoms with Gasteiger partial charge in [0.25, 0.3) is 0 Å². The van der Waals surface area contributed by atoms with Crippen LogP contribution in [0, 0.1) is 5.82 Å². The molecule has 19 heavy (non-hydrogen) atoms. The number of halogens is 2. The summed E-state index contributed by atoms with van der Waals surface area (Å²) >= 11 is 0. The molecular formula is C14H21ClFNO2. The number of aliphatic hydroxyl groups is 1. The monoisotopic (exact) mass is 289 g/mol. The summed E-state index contributed by atoms with van der Waals surface area (Å²) in [6.07, 6.45) is 4.42. The maximum Gasteiger partial charge on any atom is 0.123 e. The molecule has 1 saturated carbocycles. The Morgan fingerprint density at radius 1 is 1.26 bits per heavy atom. The Morgan fingerprint density at radius 2 is 1.89 bits per heavy atom. The minimum Gasteiger partial charge on any atom is -0.491 e. The van der Waals surface area contributed by atoms with Gasteiger partial charge in [-0.15, -0.1) is 12.4 Å². The quantitative estimate of drug-likeness (QED) is 0.845. The summed E-state index contributed by atoms with van der Waals surface area (Å²) < 4.78 is 18.0. The topological polar surface area (TPSA) is 41.5 Å². The zero-order valence-corrected chi connectivity index (χ0v) is 11.7. The van der Waals surface area contributed by atoms with E-state index in [0.717, 1.165) is 0 Å². The van der Waals surface area contributed by atoms with Crippen LogP contribution < -0.4 is 10.1 Å². The summed E-state index contributed by atoms with van der Waals surface area (Å²) in [6.45, 7) is 0.775. The molecule has 3 nitrogen and oxygen atoms in total. The Balaban J connectivity index is 0.00000180. The standard InChI is InChI=1S/C14H20FNO2.ClH/c15-11-5-7-14(8-6-11)18-10-13(17)9-16-12-3-1-2-4-12;/h5-8,12-13,16-17H,1-4,9-10H2;1H. The van der Waals surface area contributed by atoms with Crippen molar-refractivity contribution in [1.29, 1.82) is 0 Å². The summed E-state index contributed by atoms with van der Waals surface area (Å²) in [5, 5.41) is 13.1. The predicted molar refractivity (Wildman–Crippen MR) is 75.4 cm³/mol. The predicted octanol–water partition coefficient (Wildman–Crippen LogP) is 2.52. The third-order valence-corrected chi connectivity index (χ3v) is 3.25. The zero-order chi connectivity index (χ0) is 12.8. The number of ether oxygens (including phenoxy) is 1. The van der Waals surface area contributed by atoms with E-state index in [9.17, 15) is 9.50 Å². The van der Waals surface area contributed by atoms with Gasteiger partial charge in [0.15, 0.2) is 0 Å². The van der Waals surface area contributed by atoms with E-state index in [0.29, 0.717) is 18.3 Å². The third kappa shape index (κ3) is 5.76. The van der Waals surface area contributed by atoms with Gasteiger partial charge in [-0.2, -0.15) is 0 Å². The number of rotatable bonds is 6. The highest BCUT2D eigenvalue weighted by Crippen LogP contribution is 2.17. The average molecular weight is 290 g/mol. The highest BCUT2D eigenvalue weighted by atomic mass is 35.5. The summed E-state index contributed by atoms with van der Waals surface area (Å²) in [5.41, 5.74) is 0. The molecule has 1 atom stereocenters.